The van der Waals surface area contributed by atoms with Gasteiger partial charge in [0.2, 0.25) is 0 Å². The maximum Gasteiger partial charge on any atom is 0.194 e. The van der Waals surface area contributed by atoms with Crippen LogP contribution in [0.5, 0.6) is 0 Å². The summed E-state index contributed by atoms with van der Waals surface area (Å²) in [7, 11) is 0. The number of fused-ring (bicyclic) bond motifs is 1. The van der Waals surface area contributed by atoms with E-state index < -0.39 is 23.3 Å². The van der Waals surface area contributed by atoms with E-state index in [9.17, 15) is 13.2 Å². The van der Waals surface area contributed by atoms with Gasteiger partial charge in [0.25, 0.3) is 0 Å². The predicted molar refractivity (Wildman–Crippen MR) is 118 cm³/mol. The van der Waals surface area contributed by atoms with Gasteiger partial charge in [-0.25, -0.2) is 17.6 Å². The Balaban J connectivity index is 1.44. The van der Waals surface area contributed by atoms with Gasteiger partial charge in [0.15, 0.2) is 17.5 Å². The van der Waals surface area contributed by atoms with Gasteiger partial charge in [0.1, 0.15) is 5.82 Å². The highest BCUT2D eigenvalue weighted by molar-refractivity contribution is 5.66. The molecule has 32 heavy (non-hydrogen) atoms. The van der Waals surface area contributed by atoms with Crippen molar-refractivity contribution in [2.75, 3.05) is 0 Å². The number of hydrogen-bond donors (Lipinski definition) is 0. The van der Waals surface area contributed by atoms with E-state index >= 15 is 4.39 Å². The molecule has 2 aliphatic rings. The topological polar surface area (TPSA) is 9.23 Å². The molecule has 2 atom stereocenters. The van der Waals surface area contributed by atoms with Crippen LogP contribution >= 0.6 is 0 Å². The highest BCUT2D eigenvalue weighted by Gasteiger charge is 2.32. The van der Waals surface area contributed by atoms with Crippen LogP contribution in [0.1, 0.15) is 57.1 Å². The van der Waals surface area contributed by atoms with Crippen molar-refractivity contribution in [3.05, 3.63) is 70.8 Å². The zero-order valence-corrected chi connectivity index (χ0v) is 18.6. The molecule has 2 aliphatic carbocycles. The molecule has 0 aliphatic heterocycles. The summed E-state index contributed by atoms with van der Waals surface area (Å²) in [6.45, 7) is 4.07. The molecule has 0 saturated heterocycles. The fraction of sp³-hybridized carbons (Fsp3) is 0.481. The van der Waals surface area contributed by atoms with E-state index in [0.717, 1.165) is 56.2 Å². The lowest BCUT2D eigenvalue weighted by atomic mass is 9.71. The van der Waals surface area contributed by atoms with E-state index in [-0.39, 0.29) is 17.2 Å². The van der Waals surface area contributed by atoms with Gasteiger partial charge in [-0.15, -0.1) is 0 Å². The van der Waals surface area contributed by atoms with Crippen LogP contribution in [0, 0.1) is 35.1 Å². The molecule has 1 fully saturated rings. The van der Waals surface area contributed by atoms with Gasteiger partial charge in [-0.1, -0.05) is 24.3 Å². The molecule has 0 radical (unpaired) electrons. The molecule has 0 N–H and O–H groups in total. The predicted octanol–water partition coefficient (Wildman–Crippen LogP) is 7.55. The van der Waals surface area contributed by atoms with Crippen LogP contribution in [0.4, 0.5) is 17.6 Å². The maximum absolute atomic E-state index is 15.2. The Morgan fingerprint density at radius 3 is 2.25 bits per heavy atom. The van der Waals surface area contributed by atoms with Crippen molar-refractivity contribution in [2.24, 2.45) is 11.8 Å². The van der Waals surface area contributed by atoms with Gasteiger partial charge in [-0.2, -0.15) is 0 Å². The summed E-state index contributed by atoms with van der Waals surface area (Å²) in [4.78, 5) is 0. The van der Waals surface area contributed by atoms with Gasteiger partial charge in [0, 0.05) is 5.56 Å². The molecule has 0 spiro atoms. The highest BCUT2D eigenvalue weighted by Crippen LogP contribution is 2.41. The van der Waals surface area contributed by atoms with E-state index in [0.29, 0.717) is 29.9 Å². The van der Waals surface area contributed by atoms with Crippen molar-refractivity contribution >= 4 is 0 Å². The standard InChI is InChI=1S/C27H30F4O/c1-3-4-16(2)32-21-9-5-17(6-10-21)18-7-11-22-19(13-18)8-12-23(26(22)30)20-14-24(28)27(31)25(29)15-20/h3-4,8,12,14-18,21H,5-7,9-11,13H2,1-2H3/b4-3-. The third-order valence-electron chi connectivity index (χ3n) is 7.14. The van der Waals surface area contributed by atoms with Crippen molar-refractivity contribution in [1.82, 2.24) is 0 Å². The SMILES string of the molecule is C/C=C\C(C)OC1CCC(C2CCc3c(ccc(-c4cc(F)c(F)c(F)c4)c3F)C2)CC1. The van der Waals surface area contributed by atoms with Crippen LogP contribution in [0.2, 0.25) is 0 Å². The van der Waals surface area contributed by atoms with Crippen molar-refractivity contribution in [1.29, 1.82) is 0 Å². The first-order chi connectivity index (χ1) is 15.4. The van der Waals surface area contributed by atoms with Crippen molar-refractivity contribution < 1.29 is 22.3 Å². The Morgan fingerprint density at radius 2 is 1.59 bits per heavy atom. The number of rotatable bonds is 5. The van der Waals surface area contributed by atoms with Gasteiger partial charge in [-0.3, -0.25) is 0 Å². The molecule has 0 aromatic heterocycles. The van der Waals surface area contributed by atoms with Crippen LogP contribution in [-0.4, -0.2) is 12.2 Å². The third-order valence-corrected chi connectivity index (χ3v) is 7.14. The Hall–Kier alpha value is -2.14. The first-order valence-electron chi connectivity index (χ1n) is 11.6. The first-order valence-corrected chi connectivity index (χ1v) is 11.6. The van der Waals surface area contributed by atoms with Crippen molar-refractivity contribution in [2.45, 2.75) is 71.0 Å². The number of ether oxygens (including phenoxy) is 1. The van der Waals surface area contributed by atoms with E-state index in [1.807, 2.05) is 19.1 Å². The van der Waals surface area contributed by atoms with Gasteiger partial charge >= 0.3 is 0 Å². The zero-order chi connectivity index (χ0) is 22.8. The second-order valence-electron chi connectivity index (χ2n) is 9.23. The highest BCUT2D eigenvalue weighted by atomic mass is 19.2. The lowest BCUT2D eigenvalue weighted by Gasteiger charge is -2.37. The lowest BCUT2D eigenvalue weighted by molar-refractivity contribution is -0.0135. The molecule has 0 bridgehead atoms. The fourth-order valence-corrected chi connectivity index (χ4v) is 5.49. The molecule has 5 heteroatoms. The van der Waals surface area contributed by atoms with Crippen LogP contribution < -0.4 is 0 Å². The molecule has 0 amide bonds. The molecule has 2 unspecified atom stereocenters. The fourth-order valence-electron chi connectivity index (χ4n) is 5.49. The second-order valence-corrected chi connectivity index (χ2v) is 9.23. The molecule has 1 saturated carbocycles. The van der Waals surface area contributed by atoms with E-state index in [1.54, 1.807) is 6.07 Å². The Labute approximate surface area is 187 Å². The molecular formula is C27H30F4O. The minimum absolute atomic E-state index is 0.0225. The van der Waals surface area contributed by atoms with E-state index in [2.05, 4.69) is 13.0 Å². The largest absolute Gasteiger partial charge is 0.371 e. The van der Waals surface area contributed by atoms with Crippen molar-refractivity contribution in [3.63, 3.8) is 0 Å². The summed E-state index contributed by atoms with van der Waals surface area (Å²) in [6.07, 6.45) is 11.3. The third kappa shape index (κ3) is 4.78. The van der Waals surface area contributed by atoms with Gasteiger partial charge in [-0.05, 0) is 99.5 Å². The number of hydrogen-bond acceptors (Lipinski definition) is 1. The molecule has 1 nitrogen and oxygen atoms in total. The molecule has 4 rings (SSSR count). The monoisotopic (exact) mass is 446 g/mol. The summed E-state index contributed by atoms with van der Waals surface area (Å²) < 4.78 is 61.9. The molecular weight excluding hydrogens is 416 g/mol. The molecule has 0 heterocycles. The average molecular weight is 447 g/mol. The van der Waals surface area contributed by atoms with E-state index in [4.69, 9.17) is 4.74 Å². The Morgan fingerprint density at radius 1 is 0.906 bits per heavy atom. The summed E-state index contributed by atoms with van der Waals surface area (Å²) in [5.74, 6) is -3.47. The summed E-state index contributed by atoms with van der Waals surface area (Å²) >= 11 is 0. The van der Waals surface area contributed by atoms with Crippen LogP contribution in [-0.2, 0) is 17.6 Å². The quantitative estimate of drug-likeness (QED) is 0.262. The first kappa shape index (κ1) is 23.0. The smallest absolute Gasteiger partial charge is 0.194 e. The zero-order valence-electron chi connectivity index (χ0n) is 18.6. The Kier molecular flexibility index (Phi) is 7.04. The minimum Gasteiger partial charge on any atom is -0.371 e. The Bertz CT molecular complexity index is 968. The summed E-state index contributed by atoms with van der Waals surface area (Å²) in [5, 5.41) is 0. The normalized spacial score (nSPS) is 24.5. The number of halogens is 4. The average Bonchev–Trinajstić information content (AvgIpc) is 2.78. The molecule has 2 aromatic carbocycles. The van der Waals surface area contributed by atoms with Crippen LogP contribution in [0.25, 0.3) is 11.1 Å². The number of benzene rings is 2. The summed E-state index contributed by atoms with van der Waals surface area (Å²) in [5.41, 5.74) is 1.74. The second kappa shape index (κ2) is 9.78. The van der Waals surface area contributed by atoms with Crippen molar-refractivity contribution in [3.8, 4) is 11.1 Å². The van der Waals surface area contributed by atoms with Gasteiger partial charge < -0.3 is 4.74 Å². The molecule has 2 aromatic rings. The number of allylic oxidation sites excluding steroid dienone is 1. The van der Waals surface area contributed by atoms with Gasteiger partial charge in [0.05, 0.1) is 12.2 Å². The summed E-state index contributed by atoms with van der Waals surface area (Å²) in [6, 6.07) is 5.14. The molecule has 172 valence electrons. The van der Waals surface area contributed by atoms with E-state index in [1.165, 1.54) is 0 Å². The van der Waals surface area contributed by atoms with Crippen LogP contribution in [0.3, 0.4) is 0 Å². The lowest BCUT2D eigenvalue weighted by Crippen LogP contribution is -2.30. The minimum atomic E-state index is -1.54. The maximum atomic E-state index is 15.2. The van der Waals surface area contributed by atoms with Crippen LogP contribution in [0.15, 0.2) is 36.4 Å².